The zero-order valence-electron chi connectivity index (χ0n) is 20.1. The highest BCUT2D eigenvalue weighted by Crippen LogP contribution is 2.36. The summed E-state index contributed by atoms with van der Waals surface area (Å²) >= 11 is 0. The third-order valence-corrected chi connectivity index (χ3v) is 7.14. The van der Waals surface area contributed by atoms with Crippen LogP contribution in [-0.2, 0) is 26.1 Å². The van der Waals surface area contributed by atoms with Gasteiger partial charge in [-0.1, -0.05) is 18.2 Å². The van der Waals surface area contributed by atoms with Gasteiger partial charge in [-0.2, -0.15) is 0 Å². The molecule has 0 aliphatic carbocycles. The van der Waals surface area contributed by atoms with E-state index in [2.05, 4.69) is 10.0 Å². The summed E-state index contributed by atoms with van der Waals surface area (Å²) in [7, 11) is -2.33. The van der Waals surface area contributed by atoms with Crippen molar-refractivity contribution in [3.05, 3.63) is 90.4 Å². The van der Waals surface area contributed by atoms with Gasteiger partial charge in [-0.05, 0) is 48.5 Å². The van der Waals surface area contributed by atoms with Gasteiger partial charge in [0.25, 0.3) is 5.91 Å². The van der Waals surface area contributed by atoms with Gasteiger partial charge in [-0.3, -0.25) is 4.79 Å². The first-order chi connectivity index (χ1) is 18.3. The lowest BCUT2D eigenvalue weighted by molar-refractivity contribution is -0.119. The molecule has 2 heterocycles. The molecular weight excluding hydrogens is 512 g/mol. The van der Waals surface area contributed by atoms with Crippen LogP contribution in [0.4, 0.5) is 5.69 Å². The molecule has 1 amide bonds. The smallest absolute Gasteiger partial charge is 0.338 e. The second-order valence-electron chi connectivity index (χ2n) is 8.20. The maximum atomic E-state index is 12.5. The zero-order chi connectivity index (χ0) is 26.7. The largest absolute Gasteiger partial charge is 0.495 e. The Morgan fingerprint density at radius 2 is 1.71 bits per heavy atom. The van der Waals surface area contributed by atoms with Crippen LogP contribution in [0.15, 0.2) is 92.8 Å². The summed E-state index contributed by atoms with van der Waals surface area (Å²) in [6, 6.07) is 19.4. The van der Waals surface area contributed by atoms with Crippen molar-refractivity contribution >= 4 is 49.5 Å². The molecule has 0 aliphatic rings. The number of hydrogen-bond acceptors (Lipinski definition) is 8. The Morgan fingerprint density at radius 3 is 2.45 bits per heavy atom. The molecule has 0 atom stereocenters. The standard InChI is InChI=1S/C27H22N2O8S/c1-34-25-13-21-20-6-2-3-7-23(20)37-24(21)14-22(25)29-26(30)16-36-27(31)17-8-10-19(11-9-17)38(32,33)28-15-18-5-4-12-35-18/h2-14,28H,15-16H2,1H3,(H,29,30). The number of hydrogen-bond donors (Lipinski definition) is 2. The third-order valence-electron chi connectivity index (χ3n) is 5.72. The highest BCUT2D eigenvalue weighted by atomic mass is 32.2. The fourth-order valence-electron chi connectivity index (χ4n) is 3.85. The Hall–Kier alpha value is -4.61. The average Bonchev–Trinajstić information content (AvgIpc) is 3.58. The van der Waals surface area contributed by atoms with Crippen LogP contribution in [0, 0.1) is 0 Å². The minimum atomic E-state index is -3.82. The summed E-state index contributed by atoms with van der Waals surface area (Å²) in [6.45, 7) is -0.576. The monoisotopic (exact) mass is 534 g/mol. The Bertz CT molecular complexity index is 1720. The molecular formula is C27H22N2O8S. The molecule has 3 aromatic carbocycles. The zero-order valence-corrected chi connectivity index (χ0v) is 20.9. The summed E-state index contributed by atoms with van der Waals surface area (Å²) in [4.78, 5) is 24.9. The molecule has 0 fully saturated rings. The number of esters is 1. The third kappa shape index (κ3) is 5.24. The maximum Gasteiger partial charge on any atom is 0.338 e. The molecule has 0 radical (unpaired) electrons. The number of para-hydroxylation sites is 1. The van der Waals surface area contributed by atoms with Crippen molar-refractivity contribution in [2.75, 3.05) is 19.0 Å². The van der Waals surface area contributed by atoms with Gasteiger partial charge < -0.3 is 23.6 Å². The van der Waals surface area contributed by atoms with Gasteiger partial charge in [0.2, 0.25) is 10.0 Å². The van der Waals surface area contributed by atoms with E-state index in [0.29, 0.717) is 28.4 Å². The van der Waals surface area contributed by atoms with Crippen molar-refractivity contribution in [1.82, 2.24) is 4.72 Å². The number of ether oxygens (including phenoxy) is 2. The summed E-state index contributed by atoms with van der Waals surface area (Å²) in [5.74, 6) is -0.496. The first-order valence-corrected chi connectivity index (χ1v) is 12.9. The topological polar surface area (TPSA) is 137 Å². The lowest BCUT2D eigenvalue weighted by atomic mass is 10.1. The lowest BCUT2D eigenvalue weighted by Crippen LogP contribution is -2.23. The summed E-state index contributed by atoms with van der Waals surface area (Å²) in [5, 5.41) is 4.42. The van der Waals surface area contributed by atoms with Gasteiger partial charge in [0.1, 0.15) is 22.7 Å². The minimum Gasteiger partial charge on any atom is -0.495 e. The molecule has 5 rings (SSSR count). The van der Waals surface area contributed by atoms with Crippen LogP contribution in [0.3, 0.4) is 0 Å². The van der Waals surface area contributed by atoms with E-state index in [4.69, 9.17) is 18.3 Å². The second-order valence-corrected chi connectivity index (χ2v) is 9.97. The fraction of sp³-hybridized carbons (Fsp3) is 0.111. The molecule has 2 N–H and O–H groups in total. The van der Waals surface area contributed by atoms with Crippen molar-refractivity contribution < 1.29 is 36.3 Å². The van der Waals surface area contributed by atoms with Gasteiger partial charge in [0, 0.05) is 16.8 Å². The quantitative estimate of drug-likeness (QED) is 0.265. The highest BCUT2D eigenvalue weighted by molar-refractivity contribution is 7.89. The van der Waals surface area contributed by atoms with E-state index >= 15 is 0 Å². The first kappa shape index (κ1) is 25.1. The van der Waals surface area contributed by atoms with E-state index in [9.17, 15) is 18.0 Å². The molecule has 0 spiro atoms. The number of methoxy groups -OCH3 is 1. The van der Waals surface area contributed by atoms with Crippen LogP contribution in [0.2, 0.25) is 0 Å². The van der Waals surface area contributed by atoms with Crippen molar-refractivity contribution in [2.24, 2.45) is 0 Å². The summed E-state index contributed by atoms with van der Waals surface area (Å²) in [5.41, 5.74) is 1.71. The Morgan fingerprint density at radius 1 is 0.921 bits per heavy atom. The number of rotatable bonds is 9. The number of nitrogens with one attached hydrogen (secondary N) is 2. The van der Waals surface area contributed by atoms with Gasteiger partial charge >= 0.3 is 5.97 Å². The number of amides is 1. The maximum absolute atomic E-state index is 12.5. The van der Waals surface area contributed by atoms with E-state index in [1.807, 2.05) is 24.3 Å². The molecule has 194 valence electrons. The van der Waals surface area contributed by atoms with Crippen molar-refractivity contribution in [1.29, 1.82) is 0 Å². The molecule has 0 saturated carbocycles. The van der Waals surface area contributed by atoms with Crippen LogP contribution < -0.4 is 14.8 Å². The minimum absolute atomic E-state index is 0.0116. The summed E-state index contributed by atoms with van der Waals surface area (Å²) < 4.78 is 48.8. The molecule has 38 heavy (non-hydrogen) atoms. The van der Waals surface area contributed by atoms with Crippen LogP contribution in [-0.4, -0.2) is 34.0 Å². The second kappa shape index (κ2) is 10.4. The summed E-state index contributed by atoms with van der Waals surface area (Å²) in [6.07, 6.45) is 1.44. The predicted octanol–water partition coefficient (Wildman–Crippen LogP) is 4.46. The van der Waals surface area contributed by atoms with Crippen LogP contribution in [0.25, 0.3) is 21.9 Å². The Kier molecular flexibility index (Phi) is 6.86. The number of anilines is 1. The Labute approximate surface area is 217 Å². The molecule has 10 nitrogen and oxygen atoms in total. The molecule has 0 bridgehead atoms. The molecule has 2 aromatic heterocycles. The molecule has 11 heteroatoms. The van der Waals surface area contributed by atoms with Crippen LogP contribution in [0.5, 0.6) is 5.75 Å². The van der Waals surface area contributed by atoms with E-state index in [1.54, 1.807) is 24.3 Å². The normalized spacial score (nSPS) is 11.5. The molecule has 0 saturated heterocycles. The number of fused-ring (bicyclic) bond motifs is 3. The van der Waals surface area contributed by atoms with Crippen molar-refractivity contribution in [3.63, 3.8) is 0 Å². The van der Waals surface area contributed by atoms with Crippen molar-refractivity contribution in [3.8, 4) is 5.75 Å². The van der Waals surface area contributed by atoms with Crippen molar-refractivity contribution in [2.45, 2.75) is 11.4 Å². The molecule has 0 aliphatic heterocycles. The number of sulfonamides is 1. The van der Waals surface area contributed by atoms with Gasteiger partial charge in [0.05, 0.1) is 36.1 Å². The highest BCUT2D eigenvalue weighted by Gasteiger charge is 2.18. The number of carbonyl (C=O) groups is 2. The van der Waals surface area contributed by atoms with E-state index in [0.717, 1.165) is 10.8 Å². The number of benzene rings is 3. The first-order valence-electron chi connectivity index (χ1n) is 11.4. The number of carbonyl (C=O) groups excluding carboxylic acids is 2. The number of furan rings is 2. The van der Waals surface area contributed by atoms with Gasteiger partial charge in [-0.15, -0.1) is 0 Å². The lowest BCUT2D eigenvalue weighted by Gasteiger charge is -2.11. The van der Waals surface area contributed by atoms with E-state index in [1.165, 1.54) is 37.6 Å². The van der Waals surface area contributed by atoms with Crippen LogP contribution in [0.1, 0.15) is 16.1 Å². The fourth-order valence-corrected chi connectivity index (χ4v) is 4.84. The molecule has 0 unspecified atom stereocenters. The molecule has 5 aromatic rings. The Balaban J connectivity index is 1.21. The SMILES string of the molecule is COc1cc2c(cc1NC(=O)COC(=O)c1ccc(S(=O)(=O)NCc3ccco3)cc1)oc1ccccc12. The van der Waals surface area contributed by atoms with Crippen LogP contribution >= 0.6 is 0 Å². The average molecular weight is 535 g/mol. The van der Waals surface area contributed by atoms with Gasteiger partial charge in [-0.25, -0.2) is 17.9 Å². The van der Waals surface area contributed by atoms with E-state index < -0.39 is 28.5 Å². The van der Waals surface area contributed by atoms with Gasteiger partial charge in [0.15, 0.2) is 6.61 Å². The van der Waals surface area contributed by atoms with E-state index in [-0.39, 0.29) is 17.0 Å². The predicted molar refractivity (Wildman–Crippen MR) is 138 cm³/mol.